The molecular formula is C21H19ClN4O2. The highest BCUT2D eigenvalue weighted by Crippen LogP contribution is 2.23. The number of benzene rings is 1. The molecule has 0 spiro atoms. The number of halogens is 1. The molecule has 0 atom stereocenters. The maximum Gasteiger partial charge on any atom is 0.306 e. The Hall–Kier alpha value is -2.99. The predicted octanol–water partition coefficient (Wildman–Crippen LogP) is 4.22. The van der Waals surface area contributed by atoms with Crippen molar-refractivity contribution in [3.05, 3.63) is 70.3 Å². The Balaban J connectivity index is 1.49. The van der Waals surface area contributed by atoms with Crippen LogP contribution in [-0.2, 0) is 22.6 Å². The first-order valence-electron chi connectivity index (χ1n) is 9.02. The zero-order chi connectivity index (χ0) is 19.7. The Bertz CT molecular complexity index is 1170. The second-order valence-corrected chi connectivity index (χ2v) is 7.05. The largest absolute Gasteiger partial charge is 0.461 e. The fourth-order valence-electron chi connectivity index (χ4n) is 3.29. The van der Waals surface area contributed by atoms with Gasteiger partial charge in [0.1, 0.15) is 11.8 Å². The second kappa shape index (κ2) is 7.56. The molecule has 0 saturated heterocycles. The molecule has 0 fully saturated rings. The SMILES string of the molecule is Cc1nc2c3ccccc3nn2c(C)c1CCC(=O)OCc1ccc(Cl)nc1. The molecule has 0 N–H and O–H groups in total. The lowest BCUT2D eigenvalue weighted by Crippen LogP contribution is -2.10. The molecule has 6 nitrogen and oxygen atoms in total. The van der Waals surface area contributed by atoms with Crippen LogP contribution in [0.4, 0.5) is 0 Å². The van der Waals surface area contributed by atoms with E-state index < -0.39 is 0 Å². The van der Waals surface area contributed by atoms with Crippen LogP contribution in [0.2, 0.25) is 5.15 Å². The average Bonchev–Trinajstić information content (AvgIpc) is 3.06. The smallest absolute Gasteiger partial charge is 0.306 e. The van der Waals surface area contributed by atoms with Gasteiger partial charge in [0.15, 0.2) is 5.65 Å². The number of rotatable bonds is 5. The van der Waals surface area contributed by atoms with E-state index in [0.29, 0.717) is 11.6 Å². The van der Waals surface area contributed by atoms with Gasteiger partial charge in [-0.25, -0.2) is 14.5 Å². The van der Waals surface area contributed by atoms with Crippen LogP contribution in [0, 0.1) is 13.8 Å². The summed E-state index contributed by atoms with van der Waals surface area (Å²) in [6, 6.07) is 11.4. The lowest BCUT2D eigenvalue weighted by molar-refractivity contribution is -0.144. The molecule has 4 aromatic rings. The molecule has 142 valence electrons. The number of pyridine rings is 1. The first-order chi connectivity index (χ1) is 13.5. The van der Waals surface area contributed by atoms with Gasteiger partial charge in [0, 0.05) is 35.0 Å². The van der Waals surface area contributed by atoms with Crippen molar-refractivity contribution in [2.75, 3.05) is 0 Å². The highest BCUT2D eigenvalue weighted by Gasteiger charge is 2.15. The number of ether oxygens (including phenoxy) is 1. The number of carbonyl (C=O) groups is 1. The predicted molar refractivity (Wildman–Crippen MR) is 107 cm³/mol. The van der Waals surface area contributed by atoms with Crippen molar-refractivity contribution in [1.82, 2.24) is 19.6 Å². The zero-order valence-corrected chi connectivity index (χ0v) is 16.4. The molecular weight excluding hydrogens is 376 g/mol. The lowest BCUT2D eigenvalue weighted by atomic mass is 10.1. The van der Waals surface area contributed by atoms with Gasteiger partial charge in [-0.3, -0.25) is 4.79 Å². The highest BCUT2D eigenvalue weighted by atomic mass is 35.5. The van der Waals surface area contributed by atoms with Crippen LogP contribution in [-0.4, -0.2) is 25.6 Å². The summed E-state index contributed by atoms with van der Waals surface area (Å²) < 4.78 is 7.20. The average molecular weight is 395 g/mol. The molecule has 0 saturated carbocycles. The number of hydrogen-bond acceptors (Lipinski definition) is 5. The number of nitrogens with zero attached hydrogens (tertiary/aromatic N) is 4. The number of carbonyl (C=O) groups excluding carboxylic acids is 1. The maximum atomic E-state index is 12.2. The molecule has 0 radical (unpaired) electrons. The van der Waals surface area contributed by atoms with E-state index in [1.807, 2.05) is 42.6 Å². The van der Waals surface area contributed by atoms with E-state index in [1.165, 1.54) is 0 Å². The van der Waals surface area contributed by atoms with Crippen LogP contribution < -0.4 is 0 Å². The molecule has 0 bridgehead atoms. The van der Waals surface area contributed by atoms with Gasteiger partial charge in [-0.1, -0.05) is 29.8 Å². The summed E-state index contributed by atoms with van der Waals surface area (Å²) in [6.45, 7) is 4.16. The Morgan fingerprint density at radius 2 is 2.00 bits per heavy atom. The number of aromatic nitrogens is 4. The summed E-state index contributed by atoms with van der Waals surface area (Å²) in [4.78, 5) is 20.9. The standard InChI is InChI=1S/C21H19ClN4O2/c1-13-16(8-10-20(27)28-12-15-7-9-19(22)23-11-15)14(2)26-21(24-13)17-5-3-4-6-18(17)25-26/h3-7,9,11H,8,10,12H2,1-2H3. The Kier molecular flexibility index (Phi) is 4.96. The number of aryl methyl sites for hydroxylation is 2. The Morgan fingerprint density at radius 3 is 2.79 bits per heavy atom. The van der Waals surface area contributed by atoms with E-state index in [9.17, 15) is 4.79 Å². The molecule has 3 heterocycles. The van der Waals surface area contributed by atoms with Crippen LogP contribution in [0.15, 0.2) is 42.6 Å². The summed E-state index contributed by atoms with van der Waals surface area (Å²) in [5.41, 5.74) is 5.47. The summed E-state index contributed by atoms with van der Waals surface area (Å²) in [5, 5.41) is 6.08. The van der Waals surface area contributed by atoms with Gasteiger partial charge in [0.05, 0.1) is 5.52 Å². The number of esters is 1. The molecule has 0 aliphatic carbocycles. The first kappa shape index (κ1) is 18.4. The molecule has 0 amide bonds. The molecule has 0 aliphatic rings. The van der Waals surface area contributed by atoms with Gasteiger partial charge in [0.25, 0.3) is 0 Å². The molecule has 3 aromatic heterocycles. The van der Waals surface area contributed by atoms with E-state index in [2.05, 4.69) is 10.1 Å². The summed E-state index contributed by atoms with van der Waals surface area (Å²) >= 11 is 5.76. The number of hydrogen-bond donors (Lipinski definition) is 0. The third kappa shape index (κ3) is 3.55. The zero-order valence-electron chi connectivity index (χ0n) is 15.6. The van der Waals surface area contributed by atoms with Gasteiger partial charge in [-0.2, -0.15) is 5.10 Å². The van der Waals surface area contributed by atoms with Gasteiger partial charge < -0.3 is 4.74 Å². The van der Waals surface area contributed by atoms with Gasteiger partial charge in [-0.15, -0.1) is 0 Å². The van der Waals surface area contributed by atoms with Crippen molar-refractivity contribution in [2.45, 2.75) is 33.3 Å². The van der Waals surface area contributed by atoms with Crippen molar-refractivity contribution in [1.29, 1.82) is 0 Å². The van der Waals surface area contributed by atoms with Gasteiger partial charge in [-0.05, 0) is 44.0 Å². The first-order valence-corrected chi connectivity index (χ1v) is 9.40. The topological polar surface area (TPSA) is 69.4 Å². The fourth-order valence-corrected chi connectivity index (χ4v) is 3.41. The minimum absolute atomic E-state index is 0.183. The quantitative estimate of drug-likeness (QED) is 0.374. The van der Waals surface area contributed by atoms with Crippen LogP contribution >= 0.6 is 11.6 Å². The van der Waals surface area contributed by atoms with E-state index in [-0.39, 0.29) is 19.0 Å². The minimum Gasteiger partial charge on any atom is -0.461 e. The maximum absolute atomic E-state index is 12.2. The monoisotopic (exact) mass is 394 g/mol. The van der Waals surface area contributed by atoms with Gasteiger partial charge in [0.2, 0.25) is 0 Å². The van der Waals surface area contributed by atoms with Crippen molar-refractivity contribution in [3.8, 4) is 0 Å². The van der Waals surface area contributed by atoms with E-state index in [1.54, 1.807) is 18.3 Å². The normalized spacial score (nSPS) is 11.2. The van der Waals surface area contributed by atoms with Crippen LogP contribution in [0.25, 0.3) is 16.6 Å². The molecule has 1 aromatic carbocycles. The van der Waals surface area contributed by atoms with E-state index in [0.717, 1.165) is 39.1 Å². The van der Waals surface area contributed by atoms with Crippen molar-refractivity contribution >= 4 is 34.1 Å². The van der Waals surface area contributed by atoms with Crippen molar-refractivity contribution < 1.29 is 9.53 Å². The fraction of sp³-hybridized carbons (Fsp3) is 0.238. The summed E-state index contributed by atoms with van der Waals surface area (Å²) in [7, 11) is 0. The third-order valence-electron chi connectivity index (χ3n) is 4.79. The lowest BCUT2D eigenvalue weighted by Gasteiger charge is -2.11. The van der Waals surface area contributed by atoms with Crippen LogP contribution in [0.1, 0.15) is 28.9 Å². The summed E-state index contributed by atoms with van der Waals surface area (Å²) in [5.74, 6) is -0.264. The molecule has 28 heavy (non-hydrogen) atoms. The van der Waals surface area contributed by atoms with Crippen LogP contribution in [0.5, 0.6) is 0 Å². The van der Waals surface area contributed by atoms with Crippen molar-refractivity contribution in [2.24, 2.45) is 0 Å². The minimum atomic E-state index is -0.264. The van der Waals surface area contributed by atoms with E-state index in [4.69, 9.17) is 21.3 Å². The Morgan fingerprint density at radius 1 is 1.18 bits per heavy atom. The van der Waals surface area contributed by atoms with E-state index >= 15 is 0 Å². The molecule has 0 aliphatic heterocycles. The number of fused-ring (bicyclic) bond motifs is 3. The molecule has 4 rings (SSSR count). The third-order valence-corrected chi connectivity index (χ3v) is 5.01. The van der Waals surface area contributed by atoms with Gasteiger partial charge >= 0.3 is 5.97 Å². The highest BCUT2D eigenvalue weighted by molar-refractivity contribution is 6.29. The van der Waals surface area contributed by atoms with Crippen molar-refractivity contribution in [3.63, 3.8) is 0 Å². The van der Waals surface area contributed by atoms with Crippen LogP contribution in [0.3, 0.4) is 0 Å². The molecule has 0 unspecified atom stereocenters. The second-order valence-electron chi connectivity index (χ2n) is 6.66. The molecule has 7 heteroatoms. The summed E-state index contributed by atoms with van der Waals surface area (Å²) in [6.07, 6.45) is 2.43. The Labute approximate surface area is 167 Å².